The summed E-state index contributed by atoms with van der Waals surface area (Å²) in [7, 11) is 0. The minimum Gasteiger partial charge on any atom is -0.490 e. The number of β-amino-alcohol motifs (C(OH)–C–C–N with tert-alkyl or cyclic N) is 1. The first-order chi connectivity index (χ1) is 17.1. The van der Waals surface area contributed by atoms with Gasteiger partial charge >= 0.3 is 0 Å². The van der Waals surface area contributed by atoms with E-state index in [1.54, 1.807) is 43.0 Å². The molecule has 2 heterocycles. The highest BCUT2D eigenvalue weighted by atomic mass is 19.2. The average Bonchev–Trinajstić information content (AvgIpc) is 2.85. The Morgan fingerprint density at radius 3 is 2.36 bits per heavy atom. The lowest BCUT2D eigenvalue weighted by molar-refractivity contribution is 0.0474. The molecular formula is C28H35F3N2O3. The molecule has 2 aliphatic heterocycles. The number of ether oxygens (including phenoxy) is 1. The normalized spacial score (nSPS) is 19.9. The lowest BCUT2D eigenvalue weighted by atomic mass is 9.96. The standard InChI is InChI=1S/C28H35F3N2O3/c1-28(2,31)18-32-14-11-19(12-15-32)17-36-24-10-9-23(25(29)26(24)30)20-5-7-21(8-6-20)27(35)33-13-3-4-22(34)16-33/h5-10,19,22,34H,3-4,11-18H2,1-2H3. The van der Waals surface area contributed by atoms with Crippen molar-refractivity contribution in [2.75, 3.05) is 39.3 Å². The fraction of sp³-hybridized carbons (Fsp3) is 0.536. The molecule has 4 rings (SSSR count). The van der Waals surface area contributed by atoms with Crippen molar-refractivity contribution in [3.8, 4) is 16.9 Å². The van der Waals surface area contributed by atoms with Crippen molar-refractivity contribution < 1.29 is 27.8 Å². The summed E-state index contributed by atoms with van der Waals surface area (Å²) in [5.74, 6) is -2.14. The Balaban J connectivity index is 1.35. The summed E-state index contributed by atoms with van der Waals surface area (Å²) in [6.07, 6.45) is 2.56. The van der Waals surface area contributed by atoms with Gasteiger partial charge in [-0.2, -0.15) is 4.39 Å². The first-order valence-electron chi connectivity index (χ1n) is 12.7. The predicted molar refractivity (Wildman–Crippen MR) is 133 cm³/mol. The van der Waals surface area contributed by atoms with Crippen LogP contribution < -0.4 is 4.74 Å². The van der Waals surface area contributed by atoms with E-state index in [0.717, 1.165) is 32.4 Å². The molecule has 1 amide bonds. The third-order valence-electron chi connectivity index (χ3n) is 6.95. The molecule has 2 aromatic rings. The van der Waals surface area contributed by atoms with Crippen LogP contribution in [0.2, 0.25) is 0 Å². The summed E-state index contributed by atoms with van der Waals surface area (Å²) in [6, 6.07) is 9.30. The van der Waals surface area contributed by atoms with Crippen molar-refractivity contribution in [2.24, 2.45) is 5.92 Å². The Bertz CT molecular complexity index is 1050. The number of carbonyl (C=O) groups is 1. The maximum absolute atomic E-state index is 14.9. The minimum absolute atomic E-state index is 0.0920. The maximum atomic E-state index is 14.9. The number of hydrogen-bond acceptors (Lipinski definition) is 4. The zero-order valence-corrected chi connectivity index (χ0v) is 21.0. The average molecular weight is 505 g/mol. The SMILES string of the molecule is CC(C)(F)CN1CCC(COc2ccc(-c3ccc(C(=O)N4CCCC(O)C4)cc3)c(F)c2F)CC1. The molecule has 8 heteroatoms. The largest absolute Gasteiger partial charge is 0.490 e. The van der Waals surface area contributed by atoms with Gasteiger partial charge in [-0.05, 0) is 88.4 Å². The number of halogens is 3. The number of nitrogens with zero attached hydrogens (tertiary/aromatic N) is 2. The van der Waals surface area contributed by atoms with Crippen LogP contribution in [0.3, 0.4) is 0 Å². The third kappa shape index (κ3) is 6.59. The number of carbonyl (C=O) groups excluding carboxylic acids is 1. The van der Waals surface area contributed by atoms with Gasteiger partial charge in [0.25, 0.3) is 5.91 Å². The summed E-state index contributed by atoms with van der Waals surface area (Å²) >= 11 is 0. The Morgan fingerprint density at radius 1 is 1.03 bits per heavy atom. The highest BCUT2D eigenvalue weighted by Gasteiger charge is 2.26. The van der Waals surface area contributed by atoms with Crippen molar-refractivity contribution in [1.29, 1.82) is 0 Å². The van der Waals surface area contributed by atoms with Gasteiger partial charge in [0.2, 0.25) is 5.82 Å². The third-order valence-corrected chi connectivity index (χ3v) is 6.95. The van der Waals surface area contributed by atoms with Crippen molar-refractivity contribution in [3.63, 3.8) is 0 Å². The van der Waals surface area contributed by atoms with Crippen molar-refractivity contribution >= 4 is 5.91 Å². The van der Waals surface area contributed by atoms with Crippen LogP contribution in [-0.2, 0) is 0 Å². The number of alkyl halides is 1. The first-order valence-corrected chi connectivity index (χ1v) is 12.7. The second-order valence-electron chi connectivity index (χ2n) is 10.6. The van der Waals surface area contributed by atoms with Gasteiger partial charge in [-0.25, -0.2) is 8.78 Å². The molecule has 0 aliphatic carbocycles. The Hall–Kier alpha value is -2.58. The molecule has 1 N–H and O–H groups in total. The molecule has 1 atom stereocenters. The van der Waals surface area contributed by atoms with E-state index < -0.39 is 23.4 Å². The highest BCUT2D eigenvalue weighted by Crippen LogP contribution is 2.31. The number of likely N-dealkylation sites (tertiary alicyclic amines) is 2. The van der Waals surface area contributed by atoms with Crippen LogP contribution in [0.15, 0.2) is 36.4 Å². The molecule has 1 unspecified atom stereocenters. The molecule has 196 valence electrons. The van der Waals surface area contributed by atoms with Gasteiger partial charge in [0.05, 0.1) is 12.7 Å². The van der Waals surface area contributed by atoms with Gasteiger partial charge in [-0.3, -0.25) is 4.79 Å². The minimum atomic E-state index is -1.24. The van der Waals surface area contributed by atoms with E-state index in [4.69, 9.17) is 4.74 Å². The molecule has 2 fully saturated rings. The molecule has 2 aromatic carbocycles. The molecule has 2 saturated heterocycles. The van der Waals surface area contributed by atoms with E-state index in [0.29, 0.717) is 37.2 Å². The second kappa shape index (κ2) is 11.2. The van der Waals surface area contributed by atoms with Gasteiger partial charge in [-0.15, -0.1) is 0 Å². The van der Waals surface area contributed by atoms with Crippen molar-refractivity contribution in [2.45, 2.75) is 51.3 Å². The molecule has 0 saturated carbocycles. The number of hydrogen-bond donors (Lipinski definition) is 1. The van der Waals surface area contributed by atoms with E-state index in [9.17, 15) is 23.1 Å². The monoisotopic (exact) mass is 504 g/mol. The summed E-state index contributed by atoms with van der Waals surface area (Å²) in [4.78, 5) is 16.4. The van der Waals surface area contributed by atoms with Gasteiger partial charge in [0.15, 0.2) is 11.6 Å². The number of aliphatic hydroxyl groups is 1. The van der Waals surface area contributed by atoms with Crippen molar-refractivity contribution in [3.05, 3.63) is 53.6 Å². The lowest BCUT2D eigenvalue weighted by Crippen LogP contribution is -2.42. The Morgan fingerprint density at radius 2 is 1.72 bits per heavy atom. The first kappa shape index (κ1) is 26.5. The summed E-state index contributed by atoms with van der Waals surface area (Å²) < 4.78 is 49.2. The molecule has 0 radical (unpaired) electrons. The van der Waals surface area contributed by atoms with Crippen LogP contribution >= 0.6 is 0 Å². The van der Waals surface area contributed by atoms with Crippen LogP contribution in [0.1, 0.15) is 49.9 Å². The lowest BCUT2D eigenvalue weighted by Gasteiger charge is -2.34. The van der Waals surface area contributed by atoms with Crippen LogP contribution in [0.4, 0.5) is 13.2 Å². The predicted octanol–water partition coefficient (Wildman–Crippen LogP) is 5.07. The van der Waals surface area contributed by atoms with Gasteiger partial charge in [-0.1, -0.05) is 12.1 Å². The molecule has 5 nitrogen and oxygen atoms in total. The van der Waals surface area contributed by atoms with Crippen molar-refractivity contribution in [1.82, 2.24) is 9.80 Å². The van der Waals surface area contributed by atoms with E-state index in [-0.39, 0.29) is 29.7 Å². The smallest absolute Gasteiger partial charge is 0.253 e. The number of benzene rings is 2. The molecule has 0 aromatic heterocycles. The molecule has 0 spiro atoms. The number of aliphatic hydroxyl groups excluding tert-OH is 1. The second-order valence-corrected chi connectivity index (χ2v) is 10.6. The summed E-state index contributed by atoms with van der Waals surface area (Å²) in [5, 5.41) is 9.81. The van der Waals surface area contributed by atoms with E-state index in [1.165, 1.54) is 12.1 Å². The summed E-state index contributed by atoms with van der Waals surface area (Å²) in [5.41, 5.74) is -0.251. The molecular weight excluding hydrogens is 469 g/mol. The fourth-order valence-electron chi connectivity index (χ4n) is 5.03. The van der Waals surface area contributed by atoms with Crippen LogP contribution in [-0.4, -0.2) is 71.9 Å². The maximum Gasteiger partial charge on any atom is 0.253 e. The van der Waals surface area contributed by atoms with E-state index >= 15 is 0 Å². The topological polar surface area (TPSA) is 53.0 Å². The molecule has 36 heavy (non-hydrogen) atoms. The van der Waals surface area contributed by atoms with Crippen LogP contribution in [0, 0.1) is 17.6 Å². The van der Waals surface area contributed by atoms with E-state index in [1.807, 2.05) is 0 Å². The van der Waals surface area contributed by atoms with Gasteiger partial charge in [0.1, 0.15) is 5.67 Å². The molecule has 0 bridgehead atoms. The highest BCUT2D eigenvalue weighted by molar-refractivity contribution is 5.94. The zero-order valence-electron chi connectivity index (χ0n) is 21.0. The van der Waals surface area contributed by atoms with Crippen LogP contribution in [0.5, 0.6) is 5.75 Å². The fourth-order valence-corrected chi connectivity index (χ4v) is 5.03. The Kier molecular flexibility index (Phi) is 8.25. The number of piperidine rings is 2. The Labute approximate surface area is 210 Å². The summed E-state index contributed by atoms with van der Waals surface area (Å²) in [6.45, 7) is 6.22. The quantitative estimate of drug-likeness (QED) is 0.572. The number of rotatable bonds is 7. The van der Waals surface area contributed by atoms with Crippen LogP contribution in [0.25, 0.3) is 11.1 Å². The van der Waals surface area contributed by atoms with E-state index in [2.05, 4.69) is 4.90 Å². The number of amides is 1. The van der Waals surface area contributed by atoms with Gasteiger partial charge in [0, 0.05) is 30.8 Å². The van der Waals surface area contributed by atoms with Gasteiger partial charge < -0.3 is 19.6 Å². The molecule has 2 aliphatic rings. The zero-order chi connectivity index (χ0) is 25.9.